The molecule has 0 heterocycles. The number of rotatable bonds is 4. The van der Waals surface area contributed by atoms with Crippen LogP contribution in [-0.2, 0) is 5.54 Å². The molecule has 110 valence electrons. The van der Waals surface area contributed by atoms with Crippen LogP contribution in [0.5, 0.6) is 0 Å². The maximum atomic E-state index is 6.29. The van der Waals surface area contributed by atoms with Crippen LogP contribution in [0.15, 0.2) is 24.3 Å². The van der Waals surface area contributed by atoms with E-state index in [0.717, 1.165) is 18.4 Å². The van der Waals surface area contributed by atoms with Gasteiger partial charge >= 0.3 is 0 Å². The highest BCUT2D eigenvalue weighted by atomic mass is 15.2. The van der Waals surface area contributed by atoms with E-state index in [4.69, 9.17) is 5.73 Å². The van der Waals surface area contributed by atoms with Crippen molar-refractivity contribution >= 4 is 0 Å². The third kappa shape index (κ3) is 2.19. The second kappa shape index (κ2) is 5.16. The van der Waals surface area contributed by atoms with Crippen LogP contribution in [-0.4, -0.2) is 25.0 Å². The largest absolute Gasteiger partial charge is 0.328 e. The SMILES string of the molecule is CC1CCC(CN)(N(C)CC2CC2C)c2ccccc21. The Morgan fingerprint density at radius 1 is 1.30 bits per heavy atom. The Balaban J connectivity index is 1.93. The lowest BCUT2D eigenvalue weighted by molar-refractivity contribution is 0.0930. The Bertz CT molecular complexity index is 484. The first kappa shape index (κ1) is 14.1. The van der Waals surface area contributed by atoms with E-state index < -0.39 is 0 Å². The lowest BCUT2D eigenvalue weighted by Crippen LogP contribution is -2.52. The maximum Gasteiger partial charge on any atom is 0.0584 e. The third-order valence-corrected chi connectivity index (χ3v) is 5.84. The topological polar surface area (TPSA) is 29.3 Å². The fourth-order valence-corrected chi connectivity index (χ4v) is 4.04. The first-order chi connectivity index (χ1) is 9.58. The molecular weight excluding hydrogens is 244 g/mol. The van der Waals surface area contributed by atoms with Crippen molar-refractivity contribution in [2.45, 2.75) is 44.6 Å². The standard InChI is InChI=1S/C18H28N2/c1-13-8-9-18(12-19,17-7-5-4-6-16(13)17)20(3)11-15-10-14(15)2/h4-7,13-15H,8-12,19H2,1-3H3. The lowest BCUT2D eigenvalue weighted by Gasteiger charge is -2.47. The second-order valence-electron chi connectivity index (χ2n) is 7.12. The summed E-state index contributed by atoms with van der Waals surface area (Å²) in [5, 5.41) is 0. The molecule has 0 amide bonds. The fourth-order valence-electron chi connectivity index (χ4n) is 4.04. The smallest absolute Gasteiger partial charge is 0.0584 e. The van der Waals surface area contributed by atoms with Gasteiger partial charge < -0.3 is 5.73 Å². The van der Waals surface area contributed by atoms with Gasteiger partial charge in [0, 0.05) is 13.1 Å². The molecule has 2 nitrogen and oxygen atoms in total. The zero-order valence-electron chi connectivity index (χ0n) is 13.1. The van der Waals surface area contributed by atoms with Crippen LogP contribution < -0.4 is 5.73 Å². The van der Waals surface area contributed by atoms with E-state index in [9.17, 15) is 0 Å². The molecule has 0 bridgehead atoms. The summed E-state index contributed by atoms with van der Waals surface area (Å²) in [4.78, 5) is 2.56. The van der Waals surface area contributed by atoms with Crippen molar-refractivity contribution in [3.63, 3.8) is 0 Å². The molecule has 2 N–H and O–H groups in total. The molecule has 2 aliphatic carbocycles. The summed E-state index contributed by atoms with van der Waals surface area (Å²) in [5.74, 6) is 2.46. The van der Waals surface area contributed by atoms with Crippen LogP contribution in [0.2, 0.25) is 0 Å². The Hall–Kier alpha value is -0.860. The molecule has 1 fully saturated rings. The Morgan fingerprint density at radius 3 is 2.65 bits per heavy atom. The van der Waals surface area contributed by atoms with Crippen molar-refractivity contribution in [1.29, 1.82) is 0 Å². The summed E-state index contributed by atoms with van der Waals surface area (Å²) in [6.07, 6.45) is 3.83. The van der Waals surface area contributed by atoms with E-state index in [1.165, 1.54) is 36.9 Å². The normalized spacial score (nSPS) is 36.0. The molecular formula is C18H28N2. The summed E-state index contributed by atoms with van der Waals surface area (Å²) in [7, 11) is 2.28. The molecule has 0 saturated heterocycles. The van der Waals surface area contributed by atoms with Crippen molar-refractivity contribution < 1.29 is 0 Å². The van der Waals surface area contributed by atoms with Crippen molar-refractivity contribution in [3.8, 4) is 0 Å². The number of nitrogens with two attached hydrogens (primary N) is 1. The van der Waals surface area contributed by atoms with Crippen LogP contribution in [0.25, 0.3) is 0 Å². The first-order valence-electron chi connectivity index (χ1n) is 8.09. The van der Waals surface area contributed by atoms with Gasteiger partial charge in [-0.15, -0.1) is 0 Å². The highest BCUT2D eigenvalue weighted by Crippen LogP contribution is 2.46. The van der Waals surface area contributed by atoms with E-state index in [1.54, 1.807) is 0 Å². The maximum absolute atomic E-state index is 6.29. The Kier molecular flexibility index (Phi) is 3.64. The monoisotopic (exact) mass is 272 g/mol. The second-order valence-corrected chi connectivity index (χ2v) is 7.12. The zero-order valence-corrected chi connectivity index (χ0v) is 13.1. The molecule has 0 aromatic heterocycles. The summed E-state index contributed by atoms with van der Waals surface area (Å²) >= 11 is 0. The molecule has 1 saturated carbocycles. The summed E-state index contributed by atoms with van der Waals surface area (Å²) < 4.78 is 0. The van der Waals surface area contributed by atoms with Gasteiger partial charge in [-0.25, -0.2) is 0 Å². The summed E-state index contributed by atoms with van der Waals surface area (Å²) in [6.45, 7) is 6.64. The van der Waals surface area contributed by atoms with Gasteiger partial charge in [0.2, 0.25) is 0 Å². The average Bonchev–Trinajstić information content (AvgIpc) is 3.15. The first-order valence-corrected chi connectivity index (χ1v) is 8.09. The van der Waals surface area contributed by atoms with Gasteiger partial charge in [-0.1, -0.05) is 38.1 Å². The number of hydrogen-bond acceptors (Lipinski definition) is 2. The van der Waals surface area contributed by atoms with Crippen LogP contribution >= 0.6 is 0 Å². The van der Waals surface area contributed by atoms with Gasteiger partial charge in [0.05, 0.1) is 5.54 Å². The Morgan fingerprint density at radius 2 is 2.00 bits per heavy atom. The van der Waals surface area contributed by atoms with E-state index in [1.807, 2.05) is 0 Å². The summed E-state index contributed by atoms with van der Waals surface area (Å²) in [6, 6.07) is 8.96. The predicted molar refractivity (Wildman–Crippen MR) is 84.7 cm³/mol. The van der Waals surface area contributed by atoms with Crippen LogP contribution in [0.3, 0.4) is 0 Å². The fraction of sp³-hybridized carbons (Fsp3) is 0.667. The van der Waals surface area contributed by atoms with Crippen LogP contribution in [0.4, 0.5) is 0 Å². The third-order valence-electron chi connectivity index (χ3n) is 5.84. The Labute approximate surface area is 123 Å². The molecule has 1 aromatic carbocycles. The van der Waals surface area contributed by atoms with Gasteiger partial charge in [-0.2, -0.15) is 0 Å². The number of hydrogen-bond donors (Lipinski definition) is 1. The van der Waals surface area contributed by atoms with E-state index in [-0.39, 0.29) is 5.54 Å². The number of nitrogens with zero attached hydrogens (tertiary/aromatic N) is 1. The molecule has 4 atom stereocenters. The van der Waals surface area contributed by atoms with Gasteiger partial charge in [0.1, 0.15) is 0 Å². The van der Waals surface area contributed by atoms with Crippen molar-refractivity contribution in [1.82, 2.24) is 4.90 Å². The van der Waals surface area contributed by atoms with Crippen molar-refractivity contribution in [3.05, 3.63) is 35.4 Å². The summed E-state index contributed by atoms with van der Waals surface area (Å²) in [5.41, 5.74) is 9.35. The van der Waals surface area contributed by atoms with E-state index in [2.05, 4.69) is 50.1 Å². The minimum Gasteiger partial charge on any atom is -0.328 e. The highest BCUT2D eigenvalue weighted by molar-refractivity contribution is 5.39. The molecule has 2 aliphatic rings. The van der Waals surface area contributed by atoms with Crippen LogP contribution in [0.1, 0.15) is 50.2 Å². The molecule has 20 heavy (non-hydrogen) atoms. The van der Waals surface area contributed by atoms with E-state index >= 15 is 0 Å². The quantitative estimate of drug-likeness (QED) is 0.911. The van der Waals surface area contributed by atoms with Gasteiger partial charge in [-0.3, -0.25) is 4.90 Å². The van der Waals surface area contributed by atoms with Gasteiger partial charge in [-0.05, 0) is 55.2 Å². The minimum absolute atomic E-state index is 0.0609. The molecule has 0 spiro atoms. The average molecular weight is 272 g/mol. The molecule has 1 aromatic rings. The van der Waals surface area contributed by atoms with Crippen LogP contribution in [0, 0.1) is 11.8 Å². The minimum atomic E-state index is 0.0609. The van der Waals surface area contributed by atoms with Crippen molar-refractivity contribution in [2.24, 2.45) is 17.6 Å². The number of fused-ring (bicyclic) bond motifs is 1. The predicted octanol–water partition coefficient (Wildman–Crippen LogP) is 3.33. The van der Waals surface area contributed by atoms with Gasteiger partial charge in [0.25, 0.3) is 0 Å². The molecule has 4 unspecified atom stereocenters. The molecule has 0 aliphatic heterocycles. The van der Waals surface area contributed by atoms with Crippen molar-refractivity contribution in [2.75, 3.05) is 20.1 Å². The molecule has 3 rings (SSSR count). The molecule has 2 heteroatoms. The zero-order chi connectivity index (χ0) is 14.3. The number of likely N-dealkylation sites (N-methyl/N-ethyl adjacent to an activating group) is 1. The van der Waals surface area contributed by atoms with E-state index in [0.29, 0.717) is 5.92 Å². The van der Waals surface area contributed by atoms with Gasteiger partial charge in [0.15, 0.2) is 0 Å². The lowest BCUT2D eigenvalue weighted by atomic mass is 9.71. The highest BCUT2D eigenvalue weighted by Gasteiger charge is 2.43. The number of benzene rings is 1. The molecule has 0 radical (unpaired) electrons.